The summed E-state index contributed by atoms with van der Waals surface area (Å²) in [6.45, 7) is 4.82. The van der Waals surface area contributed by atoms with E-state index in [2.05, 4.69) is 10.2 Å². The van der Waals surface area contributed by atoms with Crippen LogP contribution in [0.25, 0.3) is 38.6 Å². The molecule has 196 valence electrons. The number of aromatic nitrogens is 3. The number of carboxylic acid groups (broad SMARTS) is 1. The van der Waals surface area contributed by atoms with Gasteiger partial charge in [-0.25, -0.2) is 13.6 Å². The van der Waals surface area contributed by atoms with Gasteiger partial charge < -0.3 is 19.1 Å². The fourth-order valence-electron chi connectivity index (χ4n) is 5.00. The van der Waals surface area contributed by atoms with Crippen molar-refractivity contribution in [2.45, 2.75) is 26.2 Å². The predicted molar refractivity (Wildman–Crippen MR) is 141 cm³/mol. The van der Waals surface area contributed by atoms with Gasteiger partial charge in [0, 0.05) is 46.3 Å². The number of halogens is 2. The monoisotopic (exact) mass is 519 g/mol. The smallest absolute Gasteiger partial charge is 0.335 e. The summed E-state index contributed by atoms with van der Waals surface area (Å²) in [4.78, 5) is 11.5. The molecule has 0 saturated heterocycles. The molecule has 1 atom stereocenters. The summed E-state index contributed by atoms with van der Waals surface area (Å²) in [6, 6.07) is 12.7. The zero-order chi connectivity index (χ0) is 27.0. The van der Waals surface area contributed by atoms with Crippen LogP contribution in [0.4, 0.5) is 8.78 Å². The highest BCUT2D eigenvalue weighted by Crippen LogP contribution is 2.45. The highest BCUT2D eigenvalue weighted by Gasteiger charge is 2.29. The molecule has 0 amide bonds. The number of aromatic carboxylic acids is 1. The Balaban J connectivity index is 1.94. The number of nitrogens with one attached hydrogen (secondary N) is 1. The van der Waals surface area contributed by atoms with Crippen LogP contribution in [0, 0.1) is 11.6 Å². The first kappa shape index (κ1) is 25.4. The van der Waals surface area contributed by atoms with E-state index in [1.807, 2.05) is 24.5 Å². The Morgan fingerprint density at radius 1 is 1.13 bits per heavy atom. The molecule has 2 N–H and O–H groups in total. The van der Waals surface area contributed by atoms with Crippen molar-refractivity contribution in [3.63, 3.8) is 0 Å². The largest absolute Gasteiger partial charge is 0.494 e. The molecule has 0 saturated carbocycles. The van der Waals surface area contributed by atoms with Gasteiger partial charge in [0.05, 0.1) is 31.0 Å². The summed E-state index contributed by atoms with van der Waals surface area (Å²) >= 11 is 0. The third kappa shape index (κ3) is 4.18. The summed E-state index contributed by atoms with van der Waals surface area (Å²) < 4.78 is 43.7. The molecule has 9 heteroatoms. The van der Waals surface area contributed by atoms with Crippen LogP contribution in [-0.2, 0) is 4.74 Å². The van der Waals surface area contributed by atoms with E-state index in [1.165, 1.54) is 25.3 Å². The highest BCUT2D eigenvalue weighted by atomic mass is 19.1. The van der Waals surface area contributed by atoms with Gasteiger partial charge in [-0.15, -0.1) is 0 Å². The lowest BCUT2D eigenvalue weighted by atomic mass is 9.92. The quantitative estimate of drug-likeness (QED) is 0.227. The lowest BCUT2D eigenvalue weighted by Gasteiger charge is -2.21. The van der Waals surface area contributed by atoms with E-state index in [4.69, 9.17) is 9.47 Å². The number of benzene rings is 3. The molecule has 7 nitrogen and oxygen atoms in total. The molecular weight excluding hydrogens is 492 g/mol. The number of methoxy groups -OCH3 is 1. The van der Waals surface area contributed by atoms with Crippen LogP contribution >= 0.6 is 0 Å². The van der Waals surface area contributed by atoms with Gasteiger partial charge in [0.2, 0.25) is 0 Å². The predicted octanol–water partition coefficient (Wildman–Crippen LogP) is 6.69. The van der Waals surface area contributed by atoms with Gasteiger partial charge in [-0.3, -0.25) is 5.10 Å². The Morgan fingerprint density at radius 2 is 1.89 bits per heavy atom. The minimum Gasteiger partial charge on any atom is -0.494 e. The standard InChI is InChI=1S/C29H27F2N3O4/c1-4-16(15-38-5-2)28-24(17-6-8-18(9-7-17)29(35)36)25-22(12-19-14-32-33-27(19)26(25)31)34(28)20-10-11-21(30)23(13-20)37-3/h6-14,16H,4-5,15H2,1-3H3,(H,32,33)(H,35,36). The summed E-state index contributed by atoms with van der Waals surface area (Å²) in [6.07, 6.45) is 2.23. The van der Waals surface area contributed by atoms with Gasteiger partial charge in [-0.1, -0.05) is 19.1 Å². The van der Waals surface area contributed by atoms with E-state index in [1.54, 1.807) is 30.5 Å². The van der Waals surface area contributed by atoms with E-state index < -0.39 is 17.6 Å². The second-order valence-corrected chi connectivity index (χ2v) is 8.98. The first-order valence-corrected chi connectivity index (χ1v) is 12.3. The fourth-order valence-corrected chi connectivity index (χ4v) is 5.00. The Labute approximate surface area is 217 Å². The molecule has 0 bridgehead atoms. The molecular formula is C29H27F2N3O4. The summed E-state index contributed by atoms with van der Waals surface area (Å²) in [7, 11) is 1.39. The molecule has 3 aromatic carbocycles. The third-order valence-corrected chi connectivity index (χ3v) is 6.86. The maximum absolute atomic E-state index is 16.3. The fraction of sp³-hybridized carbons (Fsp3) is 0.241. The van der Waals surface area contributed by atoms with Gasteiger partial charge in [0.15, 0.2) is 17.4 Å². The van der Waals surface area contributed by atoms with Crippen LogP contribution in [0.2, 0.25) is 0 Å². The normalized spacial score (nSPS) is 12.3. The lowest BCUT2D eigenvalue weighted by Crippen LogP contribution is -2.13. The van der Waals surface area contributed by atoms with Crippen molar-refractivity contribution in [2.75, 3.05) is 20.3 Å². The topological polar surface area (TPSA) is 89.4 Å². The highest BCUT2D eigenvalue weighted by molar-refractivity contribution is 6.06. The Hall–Kier alpha value is -4.24. The molecule has 0 aliphatic carbocycles. The van der Waals surface area contributed by atoms with Crippen molar-refractivity contribution in [1.82, 2.24) is 14.8 Å². The molecule has 2 heterocycles. The van der Waals surface area contributed by atoms with Crippen LogP contribution < -0.4 is 4.74 Å². The summed E-state index contributed by atoms with van der Waals surface area (Å²) in [5.41, 5.74) is 3.57. The zero-order valence-corrected chi connectivity index (χ0v) is 21.2. The summed E-state index contributed by atoms with van der Waals surface area (Å²) in [5.74, 6) is -2.14. The molecule has 1 unspecified atom stereocenters. The van der Waals surface area contributed by atoms with Crippen LogP contribution in [0.1, 0.15) is 42.2 Å². The van der Waals surface area contributed by atoms with Crippen LogP contribution in [0.3, 0.4) is 0 Å². The number of H-pyrrole nitrogens is 1. The van der Waals surface area contributed by atoms with Gasteiger partial charge in [0.1, 0.15) is 5.52 Å². The van der Waals surface area contributed by atoms with E-state index in [-0.39, 0.29) is 22.7 Å². The number of hydrogen-bond acceptors (Lipinski definition) is 4. The van der Waals surface area contributed by atoms with Crippen molar-refractivity contribution >= 4 is 27.8 Å². The maximum atomic E-state index is 16.3. The average molecular weight is 520 g/mol. The zero-order valence-electron chi connectivity index (χ0n) is 21.2. The van der Waals surface area contributed by atoms with Crippen molar-refractivity contribution in [3.8, 4) is 22.6 Å². The van der Waals surface area contributed by atoms with E-state index in [0.29, 0.717) is 52.7 Å². The van der Waals surface area contributed by atoms with E-state index in [0.717, 1.165) is 5.69 Å². The van der Waals surface area contributed by atoms with Gasteiger partial charge >= 0.3 is 5.97 Å². The Bertz CT molecular complexity index is 1640. The third-order valence-electron chi connectivity index (χ3n) is 6.86. The van der Waals surface area contributed by atoms with Gasteiger partial charge in [-0.2, -0.15) is 5.10 Å². The van der Waals surface area contributed by atoms with E-state index in [9.17, 15) is 14.3 Å². The first-order chi connectivity index (χ1) is 18.4. The molecule has 38 heavy (non-hydrogen) atoms. The number of aromatic amines is 1. The van der Waals surface area contributed by atoms with E-state index >= 15 is 4.39 Å². The number of ether oxygens (including phenoxy) is 2. The second-order valence-electron chi connectivity index (χ2n) is 8.98. The molecule has 0 radical (unpaired) electrons. The summed E-state index contributed by atoms with van der Waals surface area (Å²) in [5, 5.41) is 17.1. The molecule has 0 aliphatic heterocycles. The van der Waals surface area contributed by atoms with Gasteiger partial charge in [-0.05, 0) is 49.2 Å². The maximum Gasteiger partial charge on any atom is 0.335 e. The minimum atomic E-state index is -1.05. The number of carboxylic acids is 1. The van der Waals surface area contributed by atoms with Crippen LogP contribution in [0.15, 0.2) is 54.7 Å². The van der Waals surface area contributed by atoms with Crippen LogP contribution in [0.5, 0.6) is 5.75 Å². The lowest BCUT2D eigenvalue weighted by molar-refractivity contribution is 0.0697. The van der Waals surface area contributed by atoms with Gasteiger partial charge in [0.25, 0.3) is 0 Å². The van der Waals surface area contributed by atoms with Crippen molar-refractivity contribution < 1.29 is 28.2 Å². The first-order valence-electron chi connectivity index (χ1n) is 12.3. The molecule has 0 spiro atoms. The number of carbonyl (C=O) groups is 1. The average Bonchev–Trinajstić information content (AvgIpc) is 3.53. The van der Waals surface area contributed by atoms with Crippen molar-refractivity contribution in [1.29, 1.82) is 0 Å². The van der Waals surface area contributed by atoms with Crippen molar-refractivity contribution in [2.24, 2.45) is 0 Å². The second kappa shape index (κ2) is 10.3. The Kier molecular flexibility index (Phi) is 6.86. The molecule has 2 aromatic heterocycles. The molecule has 0 aliphatic rings. The number of nitrogens with zero attached hydrogens (tertiary/aromatic N) is 2. The van der Waals surface area contributed by atoms with Crippen molar-refractivity contribution in [3.05, 3.63) is 77.6 Å². The number of rotatable bonds is 9. The minimum absolute atomic E-state index is 0.0605. The Morgan fingerprint density at radius 3 is 2.55 bits per heavy atom. The SMILES string of the molecule is CCOCC(CC)c1c(-c2ccc(C(=O)O)cc2)c2c(F)c3[nH]ncc3cc2n1-c1ccc(F)c(OC)c1. The number of fused-ring (bicyclic) bond motifs is 2. The molecule has 5 rings (SSSR count). The molecule has 0 fully saturated rings. The number of hydrogen-bond donors (Lipinski definition) is 2. The molecule has 5 aromatic rings. The van der Waals surface area contributed by atoms with Crippen LogP contribution in [-0.4, -0.2) is 46.2 Å².